The third kappa shape index (κ3) is 7.12. The highest BCUT2D eigenvalue weighted by atomic mass is 127. The third-order valence-corrected chi connectivity index (χ3v) is 3.67. The number of methoxy groups -OCH3 is 2. The monoisotopic (exact) mass is 486 g/mol. The highest BCUT2D eigenvalue weighted by Crippen LogP contribution is 2.26. The first-order chi connectivity index (χ1) is 12.7. The number of pyridine rings is 1. The van der Waals surface area contributed by atoms with Crippen molar-refractivity contribution in [1.82, 2.24) is 15.6 Å². The Kier molecular flexibility index (Phi) is 10.3. The molecule has 0 bridgehead atoms. The predicted molar refractivity (Wildman–Crippen MR) is 117 cm³/mol. The molecule has 0 spiro atoms. The molecule has 0 aliphatic heterocycles. The highest BCUT2D eigenvalue weighted by Gasteiger charge is 2.10. The molecule has 1 aromatic carbocycles. The van der Waals surface area contributed by atoms with Gasteiger partial charge >= 0.3 is 0 Å². The molecule has 1 atom stereocenters. The van der Waals surface area contributed by atoms with Crippen LogP contribution in [0.2, 0.25) is 0 Å². The number of hydrogen-bond donors (Lipinski definition) is 2. The number of guanidine groups is 1. The molecule has 2 aromatic rings. The lowest BCUT2D eigenvalue weighted by Crippen LogP contribution is -2.41. The second-order valence-electron chi connectivity index (χ2n) is 5.56. The molecule has 8 heteroatoms. The molecule has 0 amide bonds. The van der Waals surface area contributed by atoms with Gasteiger partial charge in [-0.2, -0.15) is 0 Å². The Morgan fingerprint density at radius 1 is 1.07 bits per heavy atom. The Labute approximate surface area is 177 Å². The molecule has 0 radical (unpaired) electrons. The van der Waals surface area contributed by atoms with E-state index >= 15 is 0 Å². The van der Waals surface area contributed by atoms with Crippen LogP contribution >= 0.6 is 24.0 Å². The fourth-order valence-corrected chi connectivity index (χ4v) is 2.36. The van der Waals surface area contributed by atoms with Crippen LogP contribution in [0, 0.1) is 0 Å². The zero-order valence-corrected chi connectivity index (χ0v) is 18.4. The Bertz CT molecular complexity index is 728. The maximum atomic E-state index is 5.93. The van der Waals surface area contributed by atoms with Gasteiger partial charge in [0.05, 0.1) is 20.8 Å². The Balaban J connectivity index is 0.00000364. The number of halogens is 1. The molecule has 2 N–H and O–H groups in total. The summed E-state index contributed by atoms with van der Waals surface area (Å²) < 4.78 is 16.5. The molecule has 0 saturated carbocycles. The summed E-state index contributed by atoms with van der Waals surface area (Å²) in [5.74, 6) is 2.70. The highest BCUT2D eigenvalue weighted by molar-refractivity contribution is 14.0. The molecule has 1 aromatic heterocycles. The molecule has 0 aliphatic rings. The van der Waals surface area contributed by atoms with E-state index in [0.717, 1.165) is 5.56 Å². The Morgan fingerprint density at radius 2 is 1.81 bits per heavy atom. The maximum absolute atomic E-state index is 5.93. The Hall–Kier alpha value is -2.23. The van der Waals surface area contributed by atoms with Crippen LogP contribution in [0.5, 0.6) is 17.4 Å². The van der Waals surface area contributed by atoms with E-state index in [4.69, 9.17) is 14.2 Å². The summed E-state index contributed by atoms with van der Waals surface area (Å²) in [4.78, 5) is 8.41. The van der Waals surface area contributed by atoms with E-state index in [2.05, 4.69) is 20.6 Å². The molecule has 0 fully saturated rings. The van der Waals surface area contributed by atoms with Gasteiger partial charge < -0.3 is 24.8 Å². The smallest absolute Gasteiger partial charge is 0.218 e. The van der Waals surface area contributed by atoms with Crippen molar-refractivity contribution in [2.24, 2.45) is 4.99 Å². The van der Waals surface area contributed by atoms with Gasteiger partial charge in [0.15, 0.2) is 17.5 Å². The topological polar surface area (TPSA) is 77.0 Å². The molecule has 0 aliphatic carbocycles. The van der Waals surface area contributed by atoms with Gasteiger partial charge in [-0.25, -0.2) is 4.98 Å². The van der Waals surface area contributed by atoms with Gasteiger partial charge in [-0.3, -0.25) is 4.99 Å². The van der Waals surface area contributed by atoms with Gasteiger partial charge in [-0.1, -0.05) is 18.2 Å². The molecule has 2 rings (SSSR count). The van der Waals surface area contributed by atoms with E-state index in [9.17, 15) is 0 Å². The van der Waals surface area contributed by atoms with Crippen LogP contribution in [0.25, 0.3) is 0 Å². The number of para-hydroxylation sites is 2. The average Bonchev–Trinajstić information content (AvgIpc) is 2.68. The zero-order valence-electron chi connectivity index (χ0n) is 16.1. The molecule has 0 saturated heterocycles. The number of rotatable bonds is 8. The van der Waals surface area contributed by atoms with Gasteiger partial charge in [-0.05, 0) is 25.1 Å². The minimum absolute atomic E-state index is 0. The van der Waals surface area contributed by atoms with Crippen molar-refractivity contribution >= 4 is 29.9 Å². The number of aromatic nitrogens is 1. The van der Waals surface area contributed by atoms with Gasteiger partial charge in [0.2, 0.25) is 5.88 Å². The van der Waals surface area contributed by atoms with Crippen LogP contribution in [-0.4, -0.2) is 44.9 Å². The summed E-state index contributed by atoms with van der Waals surface area (Å²) in [6, 6.07) is 11.4. The Morgan fingerprint density at radius 3 is 2.48 bits per heavy atom. The van der Waals surface area contributed by atoms with Gasteiger partial charge in [0.25, 0.3) is 0 Å². The number of ether oxygens (including phenoxy) is 3. The van der Waals surface area contributed by atoms with Crippen molar-refractivity contribution in [3.05, 3.63) is 48.2 Å². The van der Waals surface area contributed by atoms with Gasteiger partial charge in [0, 0.05) is 25.4 Å². The fourth-order valence-electron chi connectivity index (χ4n) is 2.36. The van der Waals surface area contributed by atoms with Crippen molar-refractivity contribution in [2.45, 2.75) is 19.6 Å². The van der Waals surface area contributed by atoms with Crippen LogP contribution in [-0.2, 0) is 6.54 Å². The van der Waals surface area contributed by atoms with Crippen molar-refractivity contribution in [3.8, 4) is 17.4 Å². The zero-order chi connectivity index (χ0) is 18.8. The number of benzene rings is 1. The lowest BCUT2D eigenvalue weighted by Gasteiger charge is -2.19. The second kappa shape index (κ2) is 12.2. The summed E-state index contributed by atoms with van der Waals surface area (Å²) in [6.07, 6.45) is 1.63. The fraction of sp³-hybridized carbons (Fsp3) is 0.368. The van der Waals surface area contributed by atoms with Gasteiger partial charge in [-0.15, -0.1) is 24.0 Å². The lowest BCUT2D eigenvalue weighted by atomic mass is 10.2. The van der Waals surface area contributed by atoms with E-state index < -0.39 is 0 Å². The quantitative estimate of drug-likeness (QED) is 0.340. The summed E-state index contributed by atoms with van der Waals surface area (Å²) >= 11 is 0. The van der Waals surface area contributed by atoms with Gasteiger partial charge in [0.1, 0.15) is 6.10 Å². The van der Waals surface area contributed by atoms with E-state index in [0.29, 0.717) is 36.4 Å². The predicted octanol–water partition coefficient (Wildman–Crippen LogP) is 2.85. The van der Waals surface area contributed by atoms with E-state index in [1.165, 1.54) is 0 Å². The number of hydrogen-bond acceptors (Lipinski definition) is 5. The average molecular weight is 486 g/mol. The van der Waals surface area contributed by atoms with E-state index in [-0.39, 0.29) is 30.1 Å². The van der Waals surface area contributed by atoms with Crippen molar-refractivity contribution in [3.63, 3.8) is 0 Å². The lowest BCUT2D eigenvalue weighted by molar-refractivity contribution is 0.213. The SMILES string of the molecule is CN=C(NCc1cccnc1OC)NCC(C)Oc1ccccc1OC.I. The molecular weight excluding hydrogens is 459 g/mol. The summed E-state index contributed by atoms with van der Waals surface area (Å²) in [5, 5.41) is 6.49. The van der Waals surface area contributed by atoms with Crippen molar-refractivity contribution in [1.29, 1.82) is 0 Å². The molecule has 1 heterocycles. The van der Waals surface area contributed by atoms with E-state index in [1.807, 2.05) is 43.3 Å². The molecule has 148 valence electrons. The molecular formula is C19H27IN4O3. The summed E-state index contributed by atoms with van der Waals surface area (Å²) in [6.45, 7) is 3.12. The number of nitrogens with one attached hydrogen (secondary N) is 2. The largest absolute Gasteiger partial charge is 0.493 e. The van der Waals surface area contributed by atoms with Crippen molar-refractivity contribution in [2.75, 3.05) is 27.8 Å². The van der Waals surface area contributed by atoms with Crippen LogP contribution in [0.4, 0.5) is 0 Å². The first kappa shape index (κ1) is 22.8. The molecule has 1 unspecified atom stereocenters. The first-order valence-electron chi connectivity index (χ1n) is 8.40. The first-order valence-corrected chi connectivity index (χ1v) is 8.40. The minimum Gasteiger partial charge on any atom is -0.493 e. The van der Waals surface area contributed by atoms with Crippen LogP contribution in [0.15, 0.2) is 47.6 Å². The second-order valence-corrected chi connectivity index (χ2v) is 5.56. The van der Waals surface area contributed by atoms with Crippen LogP contribution in [0.1, 0.15) is 12.5 Å². The summed E-state index contributed by atoms with van der Waals surface area (Å²) in [7, 11) is 4.96. The minimum atomic E-state index is -0.0715. The third-order valence-electron chi connectivity index (χ3n) is 3.67. The summed E-state index contributed by atoms with van der Waals surface area (Å²) in [5.41, 5.74) is 0.955. The standard InChI is InChI=1S/C19H26N4O3.HI/c1-14(26-17-10-6-5-9-16(17)24-3)12-22-19(20-2)23-13-15-8-7-11-21-18(15)25-4;/h5-11,14H,12-13H2,1-4H3,(H2,20,22,23);1H. The molecule has 27 heavy (non-hydrogen) atoms. The van der Waals surface area contributed by atoms with Crippen LogP contribution in [0.3, 0.4) is 0 Å². The maximum Gasteiger partial charge on any atom is 0.218 e. The number of aliphatic imine (C=N–C) groups is 1. The van der Waals surface area contributed by atoms with Crippen molar-refractivity contribution < 1.29 is 14.2 Å². The normalized spacial score (nSPS) is 11.8. The molecule has 7 nitrogen and oxygen atoms in total. The van der Waals surface area contributed by atoms with Crippen LogP contribution < -0.4 is 24.8 Å². The van der Waals surface area contributed by atoms with E-state index in [1.54, 1.807) is 27.5 Å². The number of nitrogens with zero attached hydrogens (tertiary/aromatic N) is 2.